The molecule has 4 N–H and O–H groups in total. The third-order valence-electron chi connectivity index (χ3n) is 3.67. The van der Waals surface area contributed by atoms with Crippen LogP contribution in [-0.2, 0) is 0 Å². The van der Waals surface area contributed by atoms with E-state index >= 15 is 0 Å². The van der Waals surface area contributed by atoms with Crippen LogP contribution in [-0.4, -0.2) is 34.2 Å². The van der Waals surface area contributed by atoms with E-state index in [4.69, 9.17) is 10.5 Å². The second-order valence-electron chi connectivity index (χ2n) is 5.51. The van der Waals surface area contributed by atoms with Crippen LogP contribution in [0.2, 0.25) is 0 Å². The molecular formula is C18H19N5O2. The lowest BCUT2D eigenvalue weighted by atomic mass is 10.1. The summed E-state index contributed by atoms with van der Waals surface area (Å²) in [6.45, 7) is 2.72. The summed E-state index contributed by atoms with van der Waals surface area (Å²) in [6.07, 6.45) is 3.29. The molecule has 0 atom stereocenters. The number of nitrogens with two attached hydrogens (primary N) is 1. The second-order valence-corrected chi connectivity index (χ2v) is 5.51. The number of nitrogen functional groups attached to an aromatic ring is 1. The summed E-state index contributed by atoms with van der Waals surface area (Å²) in [4.78, 5) is 15.9. The van der Waals surface area contributed by atoms with E-state index in [0.29, 0.717) is 24.5 Å². The van der Waals surface area contributed by atoms with Crippen LogP contribution in [0.15, 0.2) is 48.8 Å². The molecule has 128 valence electrons. The van der Waals surface area contributed by atoms with Crippen LogP contribution in [0.4, 0.5) is 5.82 Å². The number of aromatic nitrogens is 3. The predicted molar refractivity (Wildman–Crippen MR) is 95.2 cm³/mol. The number of ether oxygens (including phenoxy) is 1. The molecule has 0 saturated heterocycles. The van der Waals surface area contributed by atoms with Crippen LogP contribution in [0.3, 0.4) is 0 Å². The Kier molecular flexibility index (Phi) is 4.94. The summed E-state index contributed by atoms with van der Waals surface area (Å²) in [6, 6.07) is 10.9. The molecule has 0 aliphatic carbocycles. The first-order chi connectivity index (χ1) is 12.1. The highest BCUT2D eigenvalue weighted by Crippen LogP contribution is 2.25. The largest absolute Gasteiger partial charge is 0.492 e. The van der Waals surface area contributed by atoms with Crippen LogP contribution < -0.4 is 15.8 Å². The molecule has 0 unspecified atom stereocenters. The number of nitrogens with one attached hydrogen (secondary N) is 2. The molecule has 3 aromatic rings. The van der Waals surface area contributed by atoms with Gasteiger partial charge in [0.05, 0.1) is 12.7 Å². The zero-order chi connectivity index (χ0) is 17.6. The van der Waals surface area contributed by atoms with Crippen molar-refractivity contribution in [2.24, 2.45) is 0 Å². The van der Waals surface area contributed by atoms with Gasteiger partial charge in [0.1, 0.15) is 18.2 Å². The predicted octanol–water partition coefficient (Wildman–Crippen LogP) is 2.17. The number of rotatable bonds is 6. The Balaban J connectivity index is 1.53. The number of pyridine rings is 1. The molecule has 25 heavy (non-hydrogen) atoms. The Labute approximate surface area is 145 Å². The Morgan fingerprint density at radius 2 is 2.20 bits per heavy atom. The smallest absolute Gasteiger partial charge is 0.251 e. The summed E-state index contributed by atoms with van der Waals surface area (Å²) in [5.41, 5.74) is 9.11. The van der Waals surface area contributed by atoms with Crippen molar-refractivity contribution >= 4 is 11.7 Å². The summed E-state index contributed by atoms with van der Waals surface area (Å²) < 4.78 is 5.71. The molecule has 0 saturated carbocycles. The number of carbonyl (C=O) groups is 1. The Bertz CT molecular complexity index is 875. The number of carbonyl (C=O) groups excluding carboxylic acids is 1. The number of hydrogen-bond acceptors (Lipinski definition) is 5. The summed E-state index contributed by atoms with van der Waals surface area (Å²) in [5.74, 6) is 0.844. The highest BCUT2D eigenvalue weighted by molar-refractivity contribution is 5.94. The molecule has 0 spiro atoms. The fraction of sp³-hybridized carbons (Fsp3) is 0.167. The van der Waals surface area contributed by atoms with E-state index in [9.17, 15) is 4.79 Å². The molecule has 0 radical (unpaired) electrons. The number of benzene rings is 1. The third kappa shape index (κ3) is 4.14. The van der Waals surface area contributed by atoms with E-state index in [1.54, 1.807) is 12.3 Å². The Morgan fingerprint density at radius 3 is 2.96 bits per heavy atom. The van der Waals surface area contributed by atoms with Gasteiger partial charge in [-0.25, -0.2) is 4.98 Å². The van der Waals surface area contributed by atoms with Crippen molar-refractivity contribution in [1.82, 2.24) is 20.5 Å². The monoisotopic (exact) mass is 337 g/mol. The molecule has 0 aliphatic rings. The Morgan fingerprint density at radius 1 is 1.32 bits per heavy atom. The number of nitrogens with zero attached hydrogens (tertiary/aromatic N) is 2. The molecule has 2 aromatic heterocycles. The van der Waals surface area contributed by atoms with Gasteiger partial charge in [-0.2, -0.15) is 5.10 Å². The van der Waals surface area contributed by atoms with Crippen molar-refractivity contribution in [3.8, 4) is 16.9 Å². The average molecular weight is 337 g/mol. The highest BCUT2D eigenvalue weighted by Gasteiger charge is 2.07. The zero-order valence-corrected chi connectivity index (χ0v) is 13.8. The van der Waals surface area contributed by atoms with Crippen LogP contribution in [0.25, 0.3) is 11.1 Å². The third-order valence-corrected chi connectivity index (χ3v) is 3.67. The van der Waals surface area contributed by atoms with E-state index in [1.807, 2.05) is 31.2 Å². The van der Waals surface area contributed by atoms with Crippen molar-refractivity contribution in [3.05, 3.63) is 60.0 Å². The van der Waals surface area contributed by atoms with E-state index in [1.165, 1.54) is 12.3 Å². The van der Waals surface area contributed by atoms with Gasteiger partial charge in [0, 0.05) is 23.0 Å². The van der Waals surface area contributed by atoms with E-state index in [2.05, 4.69) is 20.5 Å². The van der Waals surface area contributed by atoms with Crippen molar-refractivity contribution in [2.75, 3.05) is 18.9 Å². The highest BCUT2D eigenvalue weighted by atomic mass is 16.5. The van der Waals surface area contributed by atoms with E-state index in [0.717, 1.165) is 22.6 Å². The molecule has 7 heteroatoms. The van der Waals surface area contributed by atoms with Crippen LogP contribution >= 0.6 is 0 Å². The minimum Gasteiger partial charge on any atom is -0.492 e. The van der Waals surface area contributed by atoms with E-state index in [-0.39, 0.29) is 5.91 Å². The normalized spacial score (nSPS) is 10.4. The van der Waals surface area contributed by atoms with Gasteiger partial charge in [-0.05, 0) is 36.8 Å². The molecule has 0 aliphatic heterocycles. The van der Waals surface area contributed by atoms with Gasteiger partial charge >= 0.3 is 0 Å². The number of H-pyrrole nitrogens is 1. The second kappa shape index (κ2) is 7.48. The first kappa shape index (κ1) is 16.5. The summed E-state index contributed by atoms with van der Waals surface area (Å²) in [5, 5.41) is 9.74. The van der Waals surface area contributed by atoms with Gasteiger partial charge in [0.2, 0.25) is 0 Å². The molecular weight excluding hydrogens is 318 g/mol. The van der Waals surface area contributed by atoms with Gasteiger partial charge in [-0.3, -0.25) is 9.89 Å². The van der Waals surface area contributed by atoms with Gasteiger partial charge in [0.15, 0.2) is 0 Å². The van der Waals surface area contributed by atoms with Crippen LogP contribution in [0.1, 0.15) is 16.1 Å². The SMILES string of the molecule is Cc1[nH]ncc1-c1cccc(OCCNC(=O)c2ccnc(N)c2)c1. The van der Waals surface area contributed by atoms with Crippen molar-refractivity contribution in [1.29, 1.82) is 0 Å². The van der Waals surface area contributed by atoms with Crippen molar-refractivity contribution < 1.29 is 9.53 Å². The number of anilines is 1. The molecule has 0 bridgehead atoms. The quantitative estimate of drug-likeness (QED) is 0.598. The number of aromatic amines is 1. The van der Waals surface area contributed by atoms with Gasteiger partial charge < -0.3 is 15.8 Å². The molecule has 3 rings (SSSR count). The minimum absolute atomic E-state index is 0.208. The lowest BCUT2D eigenvalue weighted by molar-refractivity contribution is 0.0947. The van der Waals surface area contributed by atoms with Crippen LogP contribution in [0, 0.1) is 6.92 Å². The molecule has 1 amide bonds. The maximum absolute atomic E-state index is 12.0. The lowest BCUT2D eigenvalue weighted by Gasteiger charge is -2.09. The molecule has 1 aromatic carbocycles. The van der Waals surface area contributed by atoms with Gasteiger partial charge in [-0.15, -0.1) is 0 Å². The summed E-state index contributed by atoms with van der Waals surface area (Å²) >= 11 is 0. The minimum atomic E-state index is -0.208. The standard InChI is InChI=1S/C18H19N5O2/c1-12-16(11-22-23-12)13-3-2-4-15(9-13)25-8-7-21-18(24)14-5-6-20-17(19)10-14/h2-6,9-11H,7-8H2,1H3,(H2,19,20)(H,21,24)(H,22,23). The fourth-order valence-electron chi connectivity index (χ4n) is 2.42. The summed E-state index contributed by atoms with van der Waals surface area (Å²) in [7, 11) is 0. The fourth-order valence-corrected chi connectivity index (χ4v) is 2.42. The van der Waals surface area contributed by atoms with Gasteiger partial charge in [-0.1, -0.05) is 12.1 Å². The number of aryl methyl sites for hydroxylation is 1. The van der Waals surface area contributed by atoms with Crippen molar-refractivity contribution in [3.63, 3.8) is 0 Å². The lowest BCUT2D eigenvalue weighted by Crippen LogP contribution is -2.28. The topological polar surface area (TPSA) is 106 Å². The van der Waals surface area contributed by atoms with Gasteiger partial charge in [0.25, 0.3) is 5.91 Å². The number of amides is 1. The first-order valence-corrected chi connectivity index (χ1v) is 7.86. The van der Waals surface area contributed by atoms with Crippen molar-refractivity contribution in [2.45, 2.75) is 6.92 Å². The first-order valence-electron chi connectivity index (χ1n) is 7.86. The van der Waals surface area contributed by atoms with E-state index < -0.39 is 0 Å². The maximum Gasteiger partial charge on any atom is 0.251 e. The number of hydrogen-bond donors (Lipinski definition) is 3. The van der Waals surface area contributed by atoms with Crippen LogP contribution in [0.5, 0.6) is 5.75 Å². The molecule has 0 fully saturated rings. The average Bonchev–Trinajstić information content (AvgIpc) is 3.05. The maximum atomic E-state index is 12.0. The molecule has 7 nitrogen and oxygen atoms in total. The molecule has 2 heterocycles. The Hall–Kier alpha value is -3.35. The zero-order valence-electron chi connectivity index (χ0n) is 13.8.